The van der Waals surface area contributed by atoms with Crippen LogP contribution in [0.15, 0.2) is 29.2 Å². The maximum atomic E-state index is 11.3. The molecular weight excluding hydrogens is 268 g/mol. The lowest BCUT2D eigenvalue weighted by molar-refractivity contribution is -0.120. The van der Waals surface area contributed by atoms with Crippen LogP contribution in [0.5, 0.6) is 5.75 Å². The first-order chi connectivity index (χ1) is 8.84. The molecule has 0 aliphatic carbocycles. The minimum Gasteiger partial charge on any atom is -0.491 e. The van der Waals surface area contributed by atoms with E-state index in [2.05, 4.69) is 5.32 Å². The van der Waals surface area contributed by atoms with Crippen LogP contribution in [0.25, 0.3) is 0 Å². The Labute approximate surface area is 112 Å². The molecule has 0 aromatic heterocycles. The van der Waals surface area contributed by atoms with E-state index in [-0.39, 0.29) is 11.5 Å². The number of primary amides is 1. The van der Waals surface area contributed by atoms with Crippen molar-refractivity contribution < 1.29 is 17.9 Å². The maximum absolute atomic E-state index is 11.3. The molecule has 19 heavy (non-hydrogen) atoms. The number of carbonyl (C=O) groups excluding carboxylic acids is 1. The van der Waals surface area contributed by atoms with Crippen LogP contribution in [0.2, 0.25) is 0 Å². The minimum atomic E-state index is -3.21. The van der Waals surface area contributed by atoms with Gasteiger partial charge < -0.3 is 15.8 Å². The fourth-order valence-electron chi connectivity index (χ4n) is 1.45. The quantitative estimate of drug-likeness (QED) is 0.731. The van der Waals surface area contributed by atoms with Gasteiger partial charge in [-0.25, -0.2) is 8.42 Å². The topological polar surface area (TPSA) is 98.5 Å². The molecule has 0 saturated heterocycles. The van der Waals surface area contributed by atoms with Gasteiger partial charge >= 0.3 is 0 Å². The Bertz CT molecular complexity index is 525. The Morgan fingerprint density at radius 1 is 1.37 bits per heavy atom. The van der Waals surface area contributed by atoms with E-state index >= 15 is 0 Å². The third-order valence-electron chi connectivity index (χ3n) is 2.46. The van der Waals surface area contributed by atoms with E-state index < -0.39 is 21.8 Å². The van der Waals surface area contributed by atoms with Crippen molar-refractivity contribution >= 4 is 15.7 Å². The number of carbonyl (C=O) groups is 1. The maximum Gasteiger partial charge on any atom is 0.238 e. The molecule has 1 aromatic rings. The van der Waals surface area contributed by atoms with Crippen LogP contribution in [-0.4, -0.2) is 39.8 Å². The van der Waals surface area contributed by atoms with Gasteiger partial charge in [-0.2, -0.15) is 0 Å². The summed E-state index contributed by atoms with van der Waals surface area (Å²) in [5.41, 5.74) is 5.21. The van der Waals surface area contributed by atoms with Gasteiger partial charge in [0.05, 0.1) is 4.90 Å². The molecule has 0 aliphatic heterocycles. The first-order valence-electron chi connectivity index (χ1n) is 5.80. The highest BCUT2D eigenvalue weighted by Gasteiger charge is 2.14. The second kappa shape index (κ2) is 6.53. The number of rotatable bonds is 7. The first kappa shape index (κ1) is 15.5. The number of ether oxygens (including phenoxy) is 1. The summed E-state index contributed by atoms with van der Waals surface area (Å²) >= 11 is 0. The molecule has 0 spiro atoms. The molecule has 1 unspecified atom stereocenters. The van der Waals surface area contributed by atoms with Gasteiger partial charge in [0.25, 0.3) is 0 Å². The number of amides is 1. The molecule has 3 N–H and O–H groups in total. The zero-order valence-electron chi connectivity index (χ0n) is 10.9. The SMILES string of the molecule is CCNC(COc1ccc(S(C)(=O)=O)cc1)C(N)=O. The number of nitrogens with two attached hydrogens (primary N) is 1. The number of sulfone groups is 1. The lowest BCUT2D eigenvalue weighted by Gasteiger charge is -2.15. The Balaban J connectivity index is 2.66. The number of hydrogen-bond acceptors (Lipinski definition) is 5. The first-order valence-corrected chi connectivity index (χ1v) is 7.69. The normalized spacial score (nSPS) is 12.9. The van der Waals surface area contributed by atoms with Crippen LogP contribution < -0.4 is 15.8 Å². The minimum absolute atomic E-state index is 0.0986. The van der Waals surface area contributed by atoms with E-state index in [1.54, 1.807) is 12.1 Å². The van der Waals surface area contributed by atoms with Crippen LogP contribution in [0.1, 0.15) is 6.92 Å². The summed E-state index contributed by atoms with van der Waals surface area (Å²) < 4.78 is 27.9. The second-order valence-electron chi connectivity index (χ2n) is 4.07. The highest BCUT2D eigenvalue weighted by molar-refractivity contribution is 7.90. The molecule has 0 radical (unpaired) electrons. The molecule has 0 saturated carbocycles. The predicted octanol–water partition coefficient (Wildman–Crippen LogP) is -0.0677. The van der Waals surface area contributed by atoms with Crippen LogP contribution in [-0.2, 0) is 14.6 Å². The third kappa shape index (κ3) is 4.88. The monoisotopic (exact) mass is 286 g/mol. The van der Waals surface area contributed by atoms with Crippen LogP contribution in [0.4, 0.5) is 0 Å². The molecule has 0 fully saturated rings. The van der Waals surface area contributed by atoms with Gasteiger partial charge in [0.2, 0.25) is 5.91 Å². The summed E-state index contributed by atoms with van der Waals surface area (Å²) in [7, 11) is -3.21. The fraction of sp³-hybridized carbons (Fsp3) is 0.417. The lowest BCUT2D eigenvalue weighted by Crippen LogP contribution is -2.45. The van der Waals surface area contributed by atoms with Crippen molar-refractivity contribution in [2.75, 3.05) is 19.4 Å². The van der Waals surface area contributed by atoms with Crippen LogP contribution in [0.3, 0.4) is 0 Å². The summed E-state index contributed by atoms with van der Waals surface area (Å²) in [6, 6.07) is 5.43. The Kier molecular flexibility index (Phi) is 5.31. The van der Waals surface area contributed by atoms with Gasteiger partial charge in [-0.1, -0.05) is 6.92 Å². The molecule has 1 amide bonds. The van der Waals surface area contributed by atoms with Crippen molar-refractivity contribution in [3.8, 4) is 5.75 Å². The van der Waals surface area contributed by atoms with E-state index in [4.69, 9.17) is 10.5 Å². The number of benzene rings is 1. The zero-order valence-corrected chi connectivity index (χ0v) is 11.7. The van der Waals surface area contributed by atoms with E-state index in [0.717, 1.165) is 6.26 Å². The second-order valence-corrected chi connectivity index (χ2v) is 6.08. The molecule has 0 aliphatic rings. The van der Waals surface area contributed by atoms with Gasteiger partial charge in [0.15, 0.2) is 9.84 Å². The Hall–Kier alpha value is -1.60. The molecular formula is C12H18N2O4S. The summed E-state index contributed by atoms with van der Waals surface area (Å²) in [4.78, 5) is 11.3. The predicted molar refractivity (Wildman–Crippen MR) is 71.7 cm³/mol. The average molecular weight is 286 g/mol. The van der Waals surface area contributed by atoms with Gasteiger partial charge in [-0.05, 0) is 30.8 Å². The molecule has 0 bridgehead atoms. The van der Waals surface area contributed by atoms with E-state index in [1.165, 1.54) is 12.1 Å². The average Bonchev–Trinajstić information content (AvgIpc) is 2.33. The van der Waals surface area contributed by atoms with Gasteiger partial charge in [0, 0.05) is 6.26 Å². The van der Waals surface area contributed by atoms with Gasteiger partial charge in [-0.3, -0.25) is 4.79 Å². The molecule has 1 atom stereocenters. The number of nitrogens with one attached hydrogen (secondary N) is 1. The summed E-state index contributed by atoms with van der Waals surface area (Å²) in [6.45, 7) is 2.56. The Morgan fingerprint density at radius 2 is 1.95 bits per heavy atom. The van der Waals surface area contributed by atoms with Crippen LogP contribution in [0, 0.1) is 0 Å². The van der Waals surface area contributed by atoms with Crippen molar-refractivity contribution in [3.05, 3.63) is 24.3 Å². The van der Waals surface area contributed by atoms with Crippen molar-refractivity contribution in [3.63, 3.8) is 0 Å². The Morgan fingerprint density at radius 3 is 2.37 bits per heavy atom. The van der Waals surface area contributed by atoms with Gasteiger partial charge in [0.1, 0.15) is 18.4 Å². The smallest absolute Gasteiger partial charge is 0.238 e. The van der Waals surface area contributed by atoms with Gasteiger partial charge in [-0.15, -0.1) is 0 Å². The molecule has 6 nitrogen and oxygen atoms in total. The highest BCUT2D eigenvalue weighted by Crippen LogP contribution is 2.15. The van der Waals surface area contributed by atoms with E-state index in [9.17, 15) is 13.2 Å². The molecule has 0 heterocycles. The van der Waals surface area contributed by atoms with Crippen molar-refractivity contribution in [2.45, 2.75) is 17.9 Å². The summed E-state index contributed by atoms with van der Waals surface area (Å²) in [5.74, 6) is -0.00819. The largest absolute Gasteiger partial charge is 0.491 e. The summed E-state index contributed by atoms with van der Waals surface area (Å²) in [5, 5.41) is 2.89. The third-order valence-corrected chi connectivity index (χ3v) is 3.59. The highest BCUT2D eigenvalue weighted by atomic mass is 32.2. The number of hydrogen-bond donors (Lipinski definition) is 2. The van der Waals surface area contributed by atoms with E-state index in [1.807, 2.05) is 6.92 Å². The van der Waals surface area contributed by atoms with Crippen molar-refractivity contribution in [2.24, 2.45) is 5.73 Å². The molecule has 106 valence electrons. The standard InChI is InChI=1S/C12H18N2O4S/c1-3-14-11(12(13)15)8-18-9-4-6-10(7-5-9)19(2,16)17/h4-7,11,14H,3,8H2,1-2H3,(H2,13,15). The molecule has 1 aromatic carbocycles. The van der Waals surface area contributed by atoms with Crippen LogP contribution >= 0.6 is 0 Å². The van der Waals surface area contributed by atoms with Crippen molar-refractivity contribution in [1.29, 1.82) is 0 Å². The fourth-order valence-corrected chi connectivity index (χ4v) is 2.08. The number of likely N-dealkylation sites (N-methyl/N-ethyl adjacent to an activating group) is 1. The summed E-state index contributed by atoms with van der Waals surface area (Å²) in [6.07, 6.45) is 1.14. The lowest BCUT2D eigenvalue weighted by atomic mass is 10.3. The molecule has 7 heteroatoms. The zero-order chi connectivity index (χ0) is 14.5. The van der Waals surface area contributed by atoms with E-state index in [0.29, 0.717) is 12.3 Å². The molecule has 1 rings (SSSR count). The van der Waals surface area contributed by atoms with Crippen molar-refractivity contribution in [1.82, 2.24) is 5.32 Å².